The maximum Gasteiger partial charge on any atom is 0.408 e. The molecule has 17 heteroatoms. The number of halogens is 1. The van der Waals surface area contributed by atoms with Crippen molar-refractivity contribution in [1.29, 1.82) is 0 Å². The minimum atomic E-state index is -2.25. The van der Waals surface area contributed by atoms with E-state index in [1.54, 1.807) is 90.1 Å². The summed E-state index contributed by atoms with van der Waals surface area (Å²) in [5.41, 5.74) is -4.98. The second-order valence-corrected chi connectivity index (χ2v) is 19.6. The summed E-state index contributed by atoms with van der Waals surface area (Å²) in [6.45, 7) is 12.4. The highest BCUT2D eigenvalue weighted by atomic mass is 19.1. The molecule has 4 fully saturated rings. The van der Waals surface area contributed by atoms with E-state index in [0.717, 1.165) is 0 Å². The summed E-state index contributed by atoms with van der Waals surface area (Å²) < 4.78 is 56.3. The van der Waals surface area contributed by atoms with Crippen molar-refractivity contribution in [3.05, 3.63) is 82.9 Å². The Morgan fingerprint density at radius 3 is 2.24 bits per heavy atom. The van der Waals surface area contributed by atoms with E-state index in [2.05, 4.69) is 10.2 Å². The largest absolute Gasteiger partial charge is 0.456 e. The number of alkyl carbamates (subject to hydrolysis) is 1. The minimum absolute atomic E-state index is 0.0441. The fourth-order valence-corrected chi connectivity index (χ4v) is 11.0. The van der Waals surface area contributed by atoms with Crippen LogP contribution in [0, 0.1) is 23.2 Å². The van der Waals surface area contributed by atoms with Crippen LogP contribution in [-0.4, -0.2) is 139 Å². The number of aliphatic hydroxyl groups excluding tert-OH is 1. The summed E-state index contributed by atoms with van der Waals surface area (Å²) in [6.07, 6.45) is -8.38. The molecule has 2 saturated carbocycles. The second kappa shape index (κ2) is 19.4. The van der Waals surface area contributed by atoms with Crippen LogP contribution >= 0.6 is 0 Å². The number of amides is 1. The molecule has 1 amide bonds. The molecule has 7 rings (SSSR count). The normalized spacial score (nSPS) is 31.6. The molecule has 2 heterocycles. The number of fused-ring (bicyclic) bond motifs is 5. The van der Waals surface area contributed by atoms with Gasteiger partial charge in [-0.1, -0.05) is 62.4 Å². The summed E-state index contributed by atoms with van der Waals surface area (Å²) in [6, 6.07) is 15.0. The molecule has 0 radical (unpaired) electrons. The van der Waals surface area contributed by atoms with Crippen molar-refractivity contribution in [1.82, 2.24) is 10.2 Å². The number of esters is 3. The van der Waals surface area contributed by atoms with Gasteiger partial charge in [0, 0.05) is 44.2 Å². The number of carbonyl (C=O) groups is 5. The Hall–Kier alpha value is -4.78. The van der Waals surface area contributed by atoms with E-state index >= 15 is 4.79 Å². The molecule has 11 atom stereocenters. The van der Waals surface area contributed by atoms with E-state index < -0.39 is 120 Å². The van der Waals surface area contributed by atoms with Gasteiger partial charge >= 0.3 is 24.0 Å². The fraction of sp³-hybridized carbons (Fsp3) is 0.612. The van der Waals surface area contributed by atoms with Crippen molar-refractivity contribution in [3.63, 3.8) is 0 Å². The van der Waals surface area contributed by atoms with Gasteiger partial charge in [-0.3, -0.25) is 14.5 Å². The molecule has 2 bridgehead atoms. The fourth-order valence-electron chi connectivity index (χ4n) is 11.0. The number of aliphatic hydroxyl groups is 2. The molecule has 2 aromatic rings. The predicted molar refractivity (Wildman–Crippen MR) is 233 cm³/mol. The highest BCUT2D eigenvalue weighted by Gasteiger charge is 2.74. The van der Waals surface area contributed by atoms with Gasteiger partial charge in [0.2, 0.25) is 0 Å². The third-order valence-electron chi connectivity index (χ3n) is 14.2. The lowest BCUT2D eigenvalue weighted by Crippen LogP contribution is -2.79. The molecule has 3 aliphatic carbocycles. The zero-order valence-electron chi connectivity index (χ0n) is 38.7. The average Bonchev–Trinajstić information content (AvgIpc) is 3.26. The van der Waals surface area contributed by atoms with E-state index in [0.29, 0.717) is 49.6 Å². The highest BCUT2D eigenvalue weighted by Crippen LogP contribution is 2.62. The monoisotopic (exact) mass is 922 g/mol. The van der Waals surface area contributed by atoms with Crippen LogP contribution in [0.2, 0.25) is 0 Å². The lowest BCUT2D eigenvalue weighted by molar-refractivity contribution is -0.335. The number of nitrogens with zero attached hydrogens (tertiary/aromatic N) is 1. The number of hydrogen-bond acceptors (Lipinski definition) is 15. The Morgan fingerprint density at radius 1 is 1.00 bits per heavy atom. The molecule has 2 aliphatic heterocycles. The third-order valence-corrected chi connectivity index (χ3v) is 14.2. The van der Waals surface area contributed by atoms with E-state index in [-0.39, 0.29) is 25.0 Å². The smallest absolute Gasteiger partial charge is 0.408 e. The Bertz CT molecular complexity index is 2140. The topological polar surface area (TPSA) is 206 Å². The number of rotatable bonds is 13. The molecule has 5 aliphatic rings. The second-order valence-electron chi connectivity index (χ2n) is 19.6. The molecule has 2 aromatic carbocycles. The Morgan fingerprint density at radius 2 is 1.65 bits per heavy atom. The van der Waals surface area contributed by atoms with Crippen molar-refractivity contribution in [2.45, 2.75) is 121 Å². The van der Waals surface area contributed by atoms with Crippen LogP contribution in [0.3, 0.4) is 0 Å². The van der Waals surface area contributed by atoms with Crippen LogP contribution in [0.1, 0.15) is 89.7 Å². The molecule has 3 N–H and O–H groups in total. The number of ketones is 1. The Kier molecular flexibility index (Phi) is 14.5. The summed E-state index contributed by atoms with van der Waals surface area (Å²) >= 11 is 0. The first-order valence-corrected chi connectivity index (χ1v) is 22.7. The first kappa shape index (κ1) is 49.1. The van der Waals surface area contributed by atoms with Gasteiger partial charge in [-0.05, 0) is 69.5 Å². The van der Waals surface area contributed by atoms with E-state index in [4.69, 9.17) is 33.2 Å². The van der Waals surface area contributed by atoms with Crippen LogP contribution in [-0.2, 0) is 47.5 Å². The van der Waals surface area contributed by atoms with Gasteiger partial charge in [0.15, 0.2) is 18.6 Å². The number of hydrogen-bond donors (Lipinski definition) is 3. The van der Waals surface area contributed by atoms with Crippen LogP contribution in [0.25, 0.3) is 0 Å². The van der Waals surface area contributed by atoms with Crippen molar-refractivity contribution in [3.8, 4) is 0 Å². The molecule has 0 spiro atoms. The molecule has 360 valence electrons. The Balaban J connectivity index is 1.39. The summed E-state index contributed by atoms with van der Waals surface area (Å²) in [7, 11) is 0. The molecule has 2 saturated heterocycles. The molecule has 66 heavy (non-hydrogen) atoms. The maximum atomic E-state index is 15.9. The lowest BCUT2D eigenvalue weighted by Gasteiger charge is -2.65. The standard InChI is InChI=1S/C49H63FN2O14/c1-28-34(63-44(57)41(55)39(30-14-10-8-11-15-30)51-45(58)66-46(3,4)5)25-49(59)42(64-43(56)31-16-12-9-13-17-31)38-36(33(62-27-50)24-35-48(38,26-61-35)65-29(2)53)40(54)32(37(28)47(49,6)7)18-19-52-20-22-60-23-21-52/h8-17,32-36,38-39,41-42,55,59H,18-27H2,1-7H3,(H,51,58)/t32-,33+,34+,35-,36?,38?,39+,41-,42+,48+,49-/m1/s1. The number of morpholine rings is 1. The molecule has 0 aromatic heterocycles. The summed E-state index contributed by atoms with van der Waals surface area (Å²) in [4.78, 5) is 73.2. The first-order valence-electron chi connectivity index (χ1n) is 22.7. The van der Waals surface area contributed by atoms with Crippen molar-refractivity contribution >= 4 is 29.8 Å². The van der Waals surface area contributed by atoms with E-state index in [1.165, 1.54) is 19.1 Å². The van der Waals surface area contributed by atoms with Gasteiger partial charge < -0.3 is 48.7 Å². The summed E-state index contributed by atoms with van der Waals surface area (Å²) in [5.74, 6) is -6.90. The lowest BCUT2D eigenvalue weighted by atomic mass is 9.47. The molecular formula is C49H63FN2O14. The van der Waals surface area contributed by atoms with Crippen LogP contribution in [0.15, 0.2) is 71.8 Å². The van der Waals surface area contributed by atoms with Gasteiger partial charge in [0.25, 0.3) is 0 Å². The quantitative estimate of drug-likeness (QED) is 0.140. The predicted octanol–water partition coefficient (Wildman–Crippen LogP) is 4.80. The number of ether oxygens (including phenoxy) is 7. The van der Waals surface area contributed by atoms with Crippen LogP contribution in [0.4, 0.5) is 9.18 Å². The zero-order chi connectivity index (χ0) is 47.8. The molecular weight excluding hydrogens is 860 g/mol. The number of carbonyl (C=O) groups excluding carboxylic acids is 5. The number of benzene rings is 2. The van der Waals surface area contributed by atoms with Gasteiger partial charge in [0.05, 0.1) is 49.4 Å². The zero-order valence-corrected chi connectivity index (χ0v) is 38.7. The number of alkyl halides is 1. The van der Waals surface area contributed by atoms with Gasteiger partial charge in [-0.2, -0.15) is 0 Å². The van der Waals surface area contributed by atoms with Crippen molar-refractivity contribution < 1.29 is 71.7 Å². The van der Waals surface area contributed by atoms with Gasteiger partial charge in [0.1, 0.15) is 35.3 Å². The highest BCUT2D eigenvalue weighted by molar-refractivity contribution is 5.91. The van der Waals surface area contributed by atoms with Crippen molar-refractivity contribution in [2.24, 2.45) is 23.2 Å². The number of nitrogens with one attached hydrogen (secondary N) is 1. The van der Waals surface area contributed by atoms with Gasteiger partial charge in [-0.25, -0.2) is 18.8 Å². The van der Waals surface area contributed by atoms with Gasteiger partial charge in [-0.15, -0.1) is 0 Å². The van der Waals surface area contributed by atoms with Crippen LogP contribution in [0.5, 0.6) is 0 Å². The molecule has 2 unspecified atom stereocenters. The third kappa shape index (κ3) is 9.52. The molecule has 16 nitrogen and oxygen atoms in total. The summed E-state index contributed by atoms with van der Waals surface area (Å²) in [5, 5.41) is 28.4. The Labute approximate surface area is 384 Å². The van der Waals surface area contributed by atoms with E-state index in [9.17, 15) is 33.8 Å². The maximum absolute atomic E-state index is 15.9. The van der Waals surface area contributed by atoms with Crippen molar-refractivity contribution in [2.75, 3.05) is 46.3 Å². The average molecular weight is 923 g/mol. The number of Topliss-reactive ketones (excluding diaryl/α,β-unsaturated/α-hetero) is 1. The van der Waals surface area contributed by atoms with Crippen LogP contribution < -0.4 is 5.32 Å². The first-order chi connectivity index (χ1) is 31.2. The van der Waals surface area contributed by atoms with E-state index in [1.807, 2.05) is 0 Å². The minimum Gasteiger partial charge on any atom is -0.456 e. The SMILES string of the molecule is CC(=O)O[C@@]12CO[C@@H]1C[C@H](OCF)C1C(=O)[C@H](CCN3CCOCC3)C3=C(C)[C@@H](OC(=O)[C@H](O)[C@@H](NC(=O)OC(C)(C)C)c4ccccc4)C[C@@](O)([C@@H](OC(=O)c4ccccc4)C12)C3(C)C.